The summed E-state index contributed by atoms with van der Waals surface area (Å²) in [5, 5.41) is 22.1. The van der Waals surface area contributed by atoms with Crippen LogP contribution in [-0.4, -0.2) is 71.3 Å². The van der Waals surface area contributed by atoms with Crippen LogP contribution in [0, 0.1) is 12.8 Å². The van der Waals surface area contributed by atoms with Crippen molar-refractivity contribution in [2.75, 3.05) is 25.0 Å². The van der Waals surface area contributed by atoms with Crippen LogP contribution in [-0.2, 0) is 22.2 Å². The Morgan fingerprint density at radius 2 is 1.81 bits per heavy atom. The van der Waals surface area contributed by atoms with E-state index in [1.807, 2.05) is 30.5 Å². The van der Waals surface area contributed by atoms with Crippen LogP contribution in [0.5, 0.6) is 0 Å². The lowest BCUT2D eigenvalue weighted by Crippen LogP contribution is -2.44. The predicted octanol–water partition coefficient (Wildman–Crippen LogP) is 5.05. The Hall–Kier alpha value is -5.08. The molecule has 1 aliphatic carbocycles. The molecule has 1 unspecified atom stereocenters. The quantitative estimate of drug-likeness (QED) is 0.185. The minimum atomic E-state index is -1.21. The first-order chi connectivity index (χ1) is 25.8. The molecule has 0 spiro atoms. The fraction of sp³-hybridized carbons (Fsp3) is 0.500. The van der Waals surface area contributed by atoms with Gasteiger partial charge < -0.3 is 19.7 Å². The van der Waals surface area contributed by atoms with Gasteiger partial charge in [-0.25, -0.2) is 9.78 Å². The summed E-state index contributed by atoms with van der Waals surface area (Å²) >= 11 is 0. The second-order valence-electron chi connectivity index (χ2n) is 16.0. The number of aryl methyl sites for hydroxylation is 2. The molecule has 54 heavy (non-hydrogen) atoms. The summed E-state index contributed by atoms with van der Waals surface area (Å²) in [5.74, 6) is 0.216. The number of likely N-dealkylation sites (tertiary alicyclic amines) is 1. The molecule has 0 bridgehead atoms. The lowest BCUT2D eigenvalue weighted by Gasteiger charge is -2.37. The van der Waals surface area contributed by atoms with Gasteiger partial charge in [-0.15, -0.1) is 0 Å². The van der Waals surface area contributed by atoms with Crippen LogP contribution in [0.15, 0.2) is 52.0 Å². The van der Waals surface area contributed by atoms with E-state index < -0.39 is 23.5 Å². The van der Waals surface area contributed by atoms with Crippen LogP contribution < -0.4 is 16.3 Å². The number of piperidine rings is 2. The van der Waals surface area contributed by atoms with E-state index in [9.17, 15) is 24.3 Å². The minimum absolute atomic E-state index is 0.177. The number of oxazole rings is 1. The number of imidazole rings is 1. The minimum Gasteiger partial charge on any atom is -0.448 e. The van der Waals surface area contributed by atoms with Gasteiger partial charge in [0.25, 0.3) is 5.91 Å². The Morgan fingerprint density at radius 1 is 1.06 bits per heavy atom. The van der Waals surface area contributed by atoms with E-state index in [4.69, 9.17) is 9.52 Å². The molecule has 1 atom stereocenters. The maximum atomic E-state index is 13.4. The largest absolute Gasteiger partial charge is 0.448 e. The molecule has 8 rings (SSSR count). The molecule has 3 fully saturated rings. The standard InChI is InChI=1S/C40H48N8O6/c1-23-41-32(22-54-23)37(50)42-31-18-26-21-47(44-30(26)19-29(31)40(2,3)53)27-10-8-24(9-11-27)20-46-16-14-25(15-17-46)28-6-5-7-33-36(28)45(4)39(52)48(33)34-12-13-35(49)43-38(34)51/h5-7,18-19,21-22,24-25,27,34,53H,8-17,20H2,1-4H3,(H,42,50)(H,43,49,51)/t24-,27-,34?. The van der Waals surface area contributed by atoms with Crippen LogP contribution in [0.3, 0.4) is 0 Å². The number of rotatable bonds is 8. The van der Waals surface area contributed by atoms with Crippen molar-refractivity contribution in [2.24, 2.45) is 13.0 Å². The molecule has 3 N–H and O–H groups in total. The highest BCUT2D eigenvalue weighted by Gasteiger charge is 2.33. The second-order valence-corrected chi connectivity index (χ2v) is 16.0. The van der Waals surface area contributed by atoms with E-state index in [1.54, 1.807) is 37.0 Å². The third-order valence-electron chi connectivity index (χ3n) is 11.8. The predicted molar refractivity (Wildman–Crippen MR) is 202 cm³/mol. The molecule has 5 heterocycles. The van der Waals surface area contributed by atoms with Crippen molar-refractivity contribution >= 4 is 45.3 Å². The zero-order valence-electron chi connectivity index (χ0n) is 31.3. The lowest BCUT2D eigenvalue weighted by molar-refractivity contribution is -0.135. The number of nitrogens with zero attached hydrogens (tertiary/aromatic N) is 6. The van der Waals surface area contributed by atoms with Crippen molar-refractivity contribution < 1.29 is 23.9 Å². The summed E-state index contributed by atoms with van der Waals surface area (Å²) in [6, 6.07) is 9.34. The molecule has 3 aromatic heterocycles. The van der Waals surface area contributed by atoms with Gasteiger partial charge >= 0.3 is 5.69 Å². The monoisotopic (exact) mass is 736 g/mol. The van der Waals surface area contributed by atoms with Crippen LogP contribution in [0.2, 0.25) is 0 Å². The number of aromatic nitrogens is 5. The van der Waals surface area contributed by atoms with E-state index in [1.165, 1.54) is 6.26 Å². The van der Waals surface area contributed by atoms with Gasteiger partial charge in [0, 0.05) is 49.8 Å². The maximum absolute atomic E-state index is 13.4. The average molecular weight is 737 g/mol. The number of hydrogen-bond acceptors (Lipinski definition) is 9. The number of amides is 3. The van der Waals surface area contributed by atoms with Crippen molar-refractivity contribution in [3.8, 4) is 0 Å². The molecular formula is C40H48N8O6. The molecule has 5 aromatic rings. The number of fused-ring (bicyclic) bond motifs is 2. The fourth-order valence-corrected chi connectivity index (χ4v) is 8.95. The highest BCUT2D eigenvalue weighted by molar-refractivity contribution is 6.04. The summed E-state index contributed by atoms with van der Waals surface area (Å²) in [6.07, 6.45) is 10.2. The Labute approximate surface area is 312 Å². The number of aliphatic hydroxyl groups is 1. The molecule has 14 heteroatoms. The number of anilines is 1. The summed E-state index contributed by atoms with van der Waals surface area (Å²) in [4.78, 5) is 57.6. The molecule has 2 saturated heterocycles. The van der Waals surface area contributed by atoms with Crippen molar-refractivity contribution in [3.05, 3.63) is 76.0 Å². The Balaban J connectivity index is 0.895. The summed E-state index contributed by atoms with van der Waals surface area (Å²) < 4.78 is 10.5. The highest BCUT2D eigenvalue weighted by Crippen LogP contribution is 2.38. The van der Waals surface area contributed by atoms with Crippen molar-refractivity contribution in [1.82, 2.24) is 34.1 Å². The SMILES string of the molecule is Cc1nc(C(=O)Nc2cc3cn([C@H]4CC[C@H](CN5CCC(c6cccc7c6n(C)c(=O)n7C6CCC(=O)NC6=O)CC5)CC4)nc3cc2C(C)(C)O)co1. The van der Waals surface area contributed by atoms with Crippen LogP contribution in [0.1, 0.15) is 111 Å². The first-order valence-corrected chi connectivity index (χ1v) is 19.1. The third-order valence-corrected chi connectivity index (χ3v) is 11.8. The number of carbonyl (C=O) groups is 3. The van der Waals surface area contributed by atoms with Gasteiger partial charge in [0.15, 0.2) is 11.6 Å². The Bertz CT molecular complexity index is 2310. The number of hydrogen-bond donors (Lipinski definition) is 3. The van der Waals surface area contributed by atoms with Crippen molar-refractivity contribution in [2.45, 2.75) is 95.7 Å². The van der Waals surface area contributed by atoms with E-state index in [2.05, 4.69) is 31.3 Å². The van der Waals surface area contributed by atoms with Crippen LogP contribution >= 0.6 is 0 Å². The second kappa shape index (κ2) is 14.0. The molecule has 2 aliphatic heterocycles. The van der Waals surface area contributed by atoms with Gasteiger partial charge in [0.2, 0.25) is 11.8 Å². The van der Waals surface area contributed by atoms with E-state index in [0.29, 0.717) is 35.4 Å². The first kappa shape index (κ1) is 35.9. The summed E-state index contributed by atoms with van der Waals surface area (Å²) in [7, 11) is 1.78. The van der Waals surface area contributed by atoms with Gasteiger partial charge in [-0.05, 0) is 107 Å². The fourth-order valence-electron chi connectivity index (χ4n) is 8.95. The normalized spacial score (nSPS) is 21.9. The molecule has 3 aliphatic rings. The maximum Gasteiger partial charge on any atom is 0.329 e. The van der Waals surface area contributed by atoms with E-state index in [0.717, 1.165) is 85.7 Å². The molecular weight excluding hydrogens is 688 g/mol. The van der Waals surface area contributed by atoms with E-state index >= 15 is 0 Å². The summed E-state index contributed by atoms with van der Waals surface area (Å²) in [6.45, 7) is 8.12. The van der Waals surface area contributed by atoms with Gasteiger partial charge in [-0.1, -0.05) is 12.1 Å². The number of benzene rings is 2. The molecule has 284 valence electrons. The first-order valence-electron chi connectivity index (χ1n) is 19.1. The summed E-state index contributed by atoms with van der Waals surface area (Å²) in [5.41, 5.74) is 3.39. The topological polar surface area (TPSA) is 170 Å². The van der Waals surface area contributed by atoms with Gasteiger partial charge in [-0.3, -0.25) is 33.5 Å². The molecule has 3 amide bonds. The highest BCUT2D eigenvalue weighted by atomic mass is 16.3. The number of carbonyl (C=O) groups excluding carboxylic acids is 3. The van der Waals surface area contributed by atoms with Crippen molar-refractivity contribution in [1.29, 1.82) is 0 Å². The zero-order chi connectivity index (χ0) is 37.9. The smallest absolute Gasteiger partial charge is 0.329 e. The van der Waals surface area contributed by atoms with E-state index in [-0.39, 0.29) is 29.8 Å². The zero-order valence-corrected chi connectivity index (χ0v) is 31.3. The lowest BCUT2D eigenvalue weighted by atomic mass is 9.84. The Morgan fingerprint density at radius 3 is 2.50 bits per heavy atom. The molecule has 2 aromatic carbocycles. The van der Waals surface area contributed by atoms with Crippen molar-refractivity contribution in [3.63, 3.8) is 0 Å². The van der Waals surface area contributed by atoms with Gasteiger partial charge in [0.1, 0.15) is 12.3 Å². The van der Waals surface area contributed by atoms with Crippen LogP contribution in [0.4, 0.5) is 5.69 Å². The van der Waals surface area contributed by atoms with Gasteiger partial charge in [-0.2, -0.15) is 5.10 Å². The number of imide groups is 1. The number of nitrogens with one attached hydrogen (secondary N) is 2. The molecule has 14 nitrogen and oxygen atoms in total. The molecule has 1 saturated carbocycles. The average Bonchev–Trinajstić information content (AvgIpc) is 3.84. The third kappa shape index (κ3) is 6.77. The van der Waals surface area contributed by atoms with Gasteiger partial charge in [0.05, 0.1) is 28.2 Å². The molecule has 0 radical (unpaired) electrons. The van der Waals surface area contributed by atoms with Crippen LogP contribution in [0.25, 0.3) is 21.9 Å². The number of para-hydroxylation sites is 1. The Kier molecular flexibility index (Phi) is 9.29.